The Kier molecular flexibility index (Phi) is 9.15. The third-order valence-electron chi connectivity index (χ3n) is 4.80. The Balaban J connectivity index is 1.43. The van der Waals surface area contributed by atoms with Gasteiger partial charge < -0.3 is 10.1 Å². The molecule has 1 aliphatic rings. The topological polar surface area (TPSA) is 70.7 Å². The standard InChI is InChI=1S/C24H14Br2Cl2FN3O3S2/c25-16-7-13(8-17(26)21(16)35-11-12-1-3-14(29)4-2-12)9-20-22(33)32(24(36)37-20)31-23(34)30-15-5-6-18(27)19(28)10-15/h1-10H,11H2,(H2,30,31,34)/b20-9+. The number of benzene rings is 3. The van der Waals surface area contributed by atoms with E-state index in [0.29, 0.717) is 35.9 Å². The SMILES string of the molecule is O=C(Nc1ccc(Cl)c(Cl)c1)NN1C(=O)/C(=C\c2cc(Br)c(OCc3ccc(F)cc3)c(Br)c2)SC1=S. The predicted octanol–water partition coefficient (Wildman–Crippen LogP) is 8.17. The van der Waals surface area contributed by atoms with E-state index in [1.54, 1.807) is 36.4 Å². The van der Waals surface area contributed by atoms with Crippen molar-refractivity contribution in [1.29, 1.82) is 0 Å². The summed E-state index contributed by atoms with van der Waals surface area (Å²) in [5.74, 6) is -0.249. The monoisotopic (exact) mass is 703 g/mol. The molecule has 0 atom stereocenters. The predicted molar refractivity (Wildman–Crippen MR) is 156 cm³/mol. The molecule has 0 aliphatic carbocycles. The van der Waals surface area contributed by atoms with Crippen molar-refractivity contribution >= 4 is 107 Å². The molecule has 1 aliphatic heterocycles. The molecule has 6 nitrogen and oxygen atoms in total. The molecular weight excluding hydrogens is 692 g/mol. The summed E-state index contributed by atoms with van der Waals surface area (Å²) in [6.45, 7) is 0.242. The van der Waals surface area contributed by atoms with Gasteiger partial charge in [0.25, 0.3) is 5.91 Å². The number of thioether (sulfide) groups is 1. The number of nitrogens with zero attached hydrogens (tertiary/aromatic N) is 1. The zero-order chi connectivity index (χ0) is 26.7. The van der Waals surface area contributed by atoms with E-state index in [1.807, 2.05) is 0 Å². The minimum Gasteiger partial charge on any atom is -0.487 e. The first kappa shape index (κ1) is 27.9. The van der Waals surface area contributed by atoms with Crippen LogP contribution in [0.5, 0.6) is 5.75 Å². The number of hydrogen-bond acceptors (Lipinski definition) is 5. The average molecular weight is 706 g/mol. The number of nitrogens with one attached hydrogen (secondary N) is 2. The second kappa shape index (κ2) is 12.1. The Bertz CT molecular complexity index is 1420. The van der Waals surface area contributed by atoms with E-state index in [1.165, 1.54) is 24.3 Å². The van der Waals surface area contributed by atoms with Gasteiger partial charge >= 0.3 is 6.03 Å². The Hall–Kier alpha value is -2.15. The highest BCUT2D eigenvalue weighted by Crippen LogP contribution is 2.38. The average Bonchev–Trinajstić information content (AvgIpc) is 3.09. The van der Waals surface area contributed by atoms with Crippen LogP contribution in [-0.2, 0) is 11.4 Å². The van der Waals surface area contributed by atoms with E-state index in [0.717, 1.165) is 22.3 Å². The lowest BCUT2D eigenvalue weighted by Crippen LogP contribution is -2.46. The van der Waals surface area contributed by atoms with E-state index < -0.39 is 11.9 Å². The number of carbonyl (C=O) groups excluding carboxylic acids is 2. The van der Waals surface area contributed by atoms with Gasteiger partial charge in [-0.05, 0) is 104 Å². The van der Waals surface area contributed by atoms with Crippen LogP contribution < -0.4 is 15.5 Å². The number of rotatable bonds is 6. The van der Waals surface area contributed by atoms with E-state index in [2.05, 4.69) is 42.6 Å². The lowest BCUT2D eigenvalue weighted by molar-refractivity contribution is -0.123. The molecule has 4 rings (SSSR count). The highest BCUT2D eigenvalue weighted by atomic mass is 79.9. The highest BCUT2D eigenvalue weighted by molar-refractivity contribution is 9.11. The Morgan fingerprint density at radius 3 is 2.41 bits per heavy atom. The number of carbonyl (C=O) groups is 2. The number of ether oxygens (including phenoxy) is 1. The number of thiocarbonyl (C=S) groups is 1. The van der Waals surface area contributed by atoms with Gasteiger partial charge in [-0.1, -0.05) is 47.1 Å². The lowest BCUT2D eigenvalue weighted by Gasteiger charge is -2.16. The minimum atomic E-state index is -0.677. The van der Waals surface area contributed by atoms with Gasteiger partial charge in [-0.25, -0.2) is 14.6 Å². The molecule has 3 amide bonds. The molecule has 1 heterocycles. The molecule has 0 radical (unpaired) electrons. The summed E-state index contributed by atoms with van der Waals surface area (Å²) in [6, 6.07) is 13.5. The van der Waals surface area contributed by atoms with Crippen LogP contribution >= 0.6 is 79.0 Å². The fourth-order valence-corrected chi connectivity index (χ4v) is 6.02. The van der Waals surface area contributed by atoms with Gasteiger partial charge in [0.05, 0.1) is 23.9 Å². The lowest BCUT2D eigenvalue weighted by atomic mass is 10.2. The molecule has 0 spiro atoms. The zero-order valence-corrected chi connectivity index (χ0v) is 24.7. The third-order valence-corrected chi connectivity index (χ3v) is 8.02. The summed E-state index contributed by atoms with van der Waals surface area (Å²) >= 11 is 25.2. The molecule has 13 heteroatoms. The summed E-state index contributed by atoms with van der Waals surface area (Å²) in [5, 5.41) is 4.18. The molecule has 190 valence electrons. The van der Waals surface area contributed by atoms with Crippen LogP contribution in [0, 0.1) is 5.82 Å². The minimum absolute atomic E-state index is 0.165. The van der Waals surface area contributed by atoms with Crippen molar-refractivity contribution < 1.29 is 18.7 Å². The summed E-state index contributed by atoms with van der Waals surface area (Å²) < 4.78 is 20.4. The maximum Gasteiger partial charge on any atom is 0.338 e. The first-order valence-electron chi connectivity index (χ1n) is 10.3. The zero-order valence-electron chi connectivity index (χ0n) is 18.4. The number of halogens is 5. The summed E-state index contributed by atoms with van der Waals surface area (Å²) in [4.78, 5) is 25.6. The van der Waals surface area contributed by atoms with Crippen LogP contribution in [0.25, 0.3) is 6.08 Å². The van der Waals surface area contributed by atoms with Crippen molar-refractivity contribution in [2.75, 3.05) is 5.32 Å². The van der Waals surface area contributed by atoms with Crippen molar-refractivity contribution in [1.82, 2.24) is 10.4 Å². The molecule has 0 saturated carbocycles. The molecule has 3 aromatic rings. The second-order valence-electron chi connectivity index (χ2n) is 7.44. The van der Waals surface area contributed by atoms with Crippen LogP contribution in [-0.4, -0.2) is 21.3 Å². The van der Waals surface area contributed by atoms with Crippen molar-refractivity contribution in [3.63, 3.8) is 0 Å². The molecule has 2 N–H and O–H groups in total. The molecular formula is C24H14Br2Cl2FN3O3S2. The Morgan fingerprint density at radius 2 is 1.76 bits per heavy atom. The highest BCUT2D eigenvalue weighted by Gasteiger charge is 2.33. The van der Waals surface area contributed by atoms with Gasteiger partial charge in [0, 0.05) is 5.69 Å². The number of urea groups is 1. The molecule has 3 aromatic carbocycles. The van der Waals surface area contributed by atoms with Crippen molar-refractivity contribution in [2.45, 2.75) is 6.61 Å². The second-order valence-corrected chi connectivity index (χ2v) is 11.6. The number of hydrogen-bond donors (Lipinski definition) is 2. The maximum atomic E-state index is 13.1. The largest absolute Gasteiger partial charge is 0.487 e. The quantitative estimate of drug-likeness (QED) is 0.200. The van der Waals surface area contributed by atoms with Gasteiger partial charge in [0.15, 0.2) is 4.32 Å². The van der Waals surface area contributed by atoms with Crippen LogP contribution in [0.4, 0.5) is 14.9 Å². The smallest absolute Gasteiger partial charge is 0.338 e. The summed E-state index contributed by atoms with van der Waals surface area (Å²) in [7, 11) is 0. The molecule has 37 heavy (non-hydrogen) atoms. The number of hydrazine groups is 1. The van der Waals surface area contributed by atoms with E-state index >= 15 is 0 Å². The molecule has 0 aromatic heterocycles. The van der Waals surface area contributed by atoms with Gasteiger partial charge in [-0.3, -0.25) is 4.79 Å². The Morgan fingerprint density at radius 1 is 1.08 bits per heavy atom. The van der Waals surface area contributed by atoms with E-state index in [-0.39, 0.29) is 21.8 Å². The van der Waals surface area contributed by atoms with Crippen LogP contribution in [0.1, 0.15) is 11.1 Å². The Labute approximate surface area is 247 Å². The maximum absolute atomic E-state index is 13.1. The first-order valence-corrected chi connectivity index (χ1v) is 13.8. The normalized spacial score (nSPS) is 14.3. The number of amides is 3. The van der Waals surface area contributed by atoms with Gasteiger partial charge in [-0.15, -0.1) is 0 Å². The van der Waals surface area contributed by atoms with Crippen molar-refractivity contribution in [3.8, 4) is 5.75 Å². The molecule has 1 fully saturated rings. The van der Waals surface area contributed by atoms with Crippen LogP contribution in [0.2, 0.25) is 10.0 Å². The molecule has 1 saturated heterocycles. The fraction of sp³-hybridized carbons (Fsp3) is 0.0417. The summed E-state index contributed by atoms with van der Waals surface area (Å²) in [6.07, 6.45) is 1.65. The van der Waals surface area contributed by atoms with Gasteiger partial charge in [0.1, 0.15) is 18.2 Å². The van der Waals surface area contributed by atoms with Gasteiger partial charge in [0.2, 0.25) is 0 Å². The number of anilines is 1. The molecule has 0 unspecified atom stereocenters. The van der Waals surface area contributed by atoms with E-state index in [9.17, 15) is 14.0 Å². The van der Waals surface area contributed by atoms with Crippen molar-refractivity contribution in [2.24, 2.45) is 0 Å². The summed E-state index contributed by atoms with van der Waals surface area (Å²) in [5.41, 5.74) is 4.33. The van der Waals surface area contributed by atoms with E-state index in [4.69, 9.17) is 40.2 Å². The molecule has 0 bridgehead atoms. The van der Waals surface area contributed by atoms with Crippen LogP contribution in [0.15, 0.2) is 68.4 Å². The third kappa shape index (κ3) is 7.04. The van der Waals surface area contributed by atoms with Gasteiger partial charge in [-0.2, -0.15) is 5.01 Å². The fourth-order valence-electron chi connectivity index (χ4n) is 3.09. The van der Waals surface area contributed by atoms with Crippen molar-refractivity contribution in [3.05, 3.63) is 95.4 Å². The first-order chi connectivity index (χ1) is 17.6. The van der Waals surface area contributed by atoms with Crippen LogP contribution in [0.3, 0.4) is 0 Å².